The highest BCUT2D eigenvalue weighted by atomic mass is 19.1. The van der Waals surface area contributed by atoms with Gasteiger partial charge in [-0.05, 0) is 18.7 Å². The van der Waals surface area contributed by atoms with Gasteiger partial charge in [-0.2, -0.15) is 0 Å². The molecule has 0 aliphatic rings. The number of nitrogens with zero attached hydrogens (tertiary/aromatic N) is 2. The molecule has 2 aromatic rings. The molecular weight excluding hydrogens is 269 g/mol. The zero-order valence-electron chi connectivity index (χ0n) is 12.6. The van der Waals surface area contributed by atoms with E-state index >= 15 is 0 Å². The monoisotopic (exact) mass is 289 g/mol. The molecule has 112 valence electrons. The third-order valence-electron chi connectivity index (χ3n) is 2.93. The number of benzene rings is 1. The summed E-state index contributed by atoms with van der Waals surface area (Å²) in [6, 6.07) is 6.03. The van der Waals surface area contributed by atoms with Crippen LogP contribution in [0.4, 0.5) is 4.39 Å². The fourth-order valence-electron chi connectivity index (χ4n) is 1.81. The lowest BCUT2D eigenvalue weighted by atomic mass is 10.2. The topological polar surface area (TPSA) is 47.0 Å². The minimum atomic E-state index is -0.333. The molecule has 5 heteroatoms. The second kappa shape index (κ2) is 7.13. The molecule has 0 aliphatic carbocycles. The van der Waals surface area contributed by atoms with Gasteiger partial charge in [0.15, 0.2) is 5.75 Å². The van der Waals surface area contributed by atoms with Gasteiger partial charge in [0, 0.05) is 18.5 Å². The van der Waals surface area contributed by atoms with Crippen LogP contribution >= 0.6 is 0 Å². The molecule has 1 N–H and O–H groups in total. The molecule has 0 radical (unpaired) electrons. The van der Waals surface area contributed by atoms with E-state index in [0.717, 1.165) is 18.1 Å². The Balaban J connectivity index is 2.28. The lowest BCUT2D eigenvalue weighted by Gasteiger charge is -2.13. The normalized spacial score (nSPS) is 10.9. The van der Waals surface area contributed by atoms with Gasteiger partial charge in [-0.15, -0.1) is 0 Å². The number of hydrogen-bond donors (Lipinski definition) is 1. The Morgan fingerprint density at radius 3 is 2.81 bits per heavy atom. The molecule has 0 saturated carbocycles. The molecular formula is C16H20FN3O. The van der Waals surface area contributed by atoms with E-state index in [9.17, 15) is 4.39 Å². The Kier molecular flexibility index (Phi) is 5.22. The van der Waals surface area contributed by atoms with Crippen molar-refractivity contribution in [1.29, 1.82) is 0 Å². The Labute approximate surface area is 124 Å². The van der Waals surface area contributed by atoms with Gasteiger partial charge in [-0.25, -0.2) is 14.4 Å². The molecule has 0 amide bonds. The molecule has 1 aromatic heterocycles. The molecule has 1 aromatic carbocycles. The zero-order valence-corrected chi connectivity index (χ0v) is 12.6. The minimum Gasteiger partial charge on any atom is -0.454 e. The predicted octanol–water partition coefficient (Wildman–Crippen LogP) is 3.64. The van der Waals surface area contributed by atoms with Crippen molar-refractivity contribution in [3.63, 3.8) is 0 Å². The average Bonchev–Trinajstić information content (AvgIpc) is 2.46. The fraction of sp³-hybridized carbons (Fsp3) is 0.375. The van der Waals surface area contributed by atoms with Crippen LogP contribution in [0.1, 0.15) is 38.2 Å². The maximum atomic E-state index is 13.2. The standard InChI is InChI=1S/C16H20FN3O/c1-4-18-9-14-15(10-19-16(20-14)11(2)3)21-13-7-5-6-12(17)8-13/h5-8,10-11,18H,4,9H2,1-3H3. The van der Waals surface area contributed by atoms with Crippen LogP contribution in [-0.4, -0.2) is 16.5 Å². The van der Waals surface area contributed by atoms with Crippen molar-refractivity contribution in [2.24, 2.45) is 0 Å². The summed E-state index contributed by atoms with van der Waals surface area (Å²) >= 11 is 0. The van der Waals surface area contributed by atoms with E-state index in [1.807, 2.05) is 20.8 Å². The van der Waals surface area contributed by atoms with Gasteiger partial charge in [0.05, 0.1) is 6.20 Å². The first kappa shape index (κ1) is 15.4. The van der Waals surface area contributed by atoms with Crippen LogP contribution in [0.2, 0.25) is 0 Å². The molecule has 0 saturated heterocycles. The lowest BCUT2D eigenvalue weighted by Crippen LogP contribution is -2.15. The molecule has 0 bridgehead atoms. The van der Waals surface area contributed by atoms with Gasteiger partial charge in [-0.3, -0.25) is 0 Å². The van der Waals surface area contributed by atoms with E-state index < -0.39 is 0 Å². The third kappa shape index (κ3) is 4.23. The Bertz CT molecular complexity index is 602. The average molecular weight is 289 g/mol. The second-order valence-electron chi connectivity index (χ2n) is 5.03. The molecule has 1 heterocycles. The highest BCUT2D eigenvalue weighted by Crippen LogP contribution is 2.25. The van der Waals surface area contributed by atoms with Gasteiger partial charge in [0.1, 0.15) is 23.1 Å². The predicted molar refractivity (Wildman–Crippen MR) is 80.0 cm³/mol. The SMILES string of the molecule is CCNCc1nc(C(C)C)ncc1Oc1cccc(F)c1. The lowest BCUT2D eigenvalue weighted by molar-refractivity contribution is 0.458. The van der Waals surface area contributed by atoms with Crippen LogP contribution < -0.4 is 10.1 Å². The quantitative estimate of drug-likeness (QED) is 0.882. The Morgan fingerprint density at radius 1 is 1.33 bits per heavy atom. The highest BCUT2D eigenvalue weighted by molar-refractivity contribution is 5.33. The summed E-state index contributed by atoms with van der Waals surface area (Å²) in [5.74, 6) is 1.67. The van der Waals surface area contributed by atoms with Crippen LogP contribution in [-0.2, 0) is 6.54 Å². The number of nitrogens with one attached hydrogen (secondary N) is 1. The van der Waals surface area contributed by atoms with Crippen molar-refractivity contribution in [3.8, 4) is 11.5 Å². The summed E-state index contributed by atoms with van der Waals surface area (Å²) < 4.78 is 18.9. The first-order valence-electron chi connectivity index (χ1n) is 7.10. The van der Waals surface area contributed by atoms with Crippen LogP contribution in [0, 0.1) is 5.82 Å². The first-order valence-corrected chi connectivity index (χ1v) is 7.10. The molecule has 4 nitrogen and oxygen atoms in total. The maximum Gasteiger partial charge on any atom is 0.168 e. The molecule has 21 heavy (non-hydrogen) atoms. The Hall–Kier alpha value is -2.01. The largest absolute Gasteiger partial charge is 0.454 e. The van der Waals surface area contributed by atoms with Crippen molar-refractivity contribution in [2.75, 3.05) is 6.54 Å². The van der Waals surface area contributed by atoms with Gasteiger partial charge in [0.2, 0.25) is 0 Å². The summed E-state index contributed by atoms with van der Waals surface area (Å²) in [5, 5.41) is 3.22. The van der Waals surface area contributed by atoms with Gasteiger partial charge in [-0.1, -0.05) is 26.8 Å². The second-order valence-corrected chi connectivity index (χ2v) is 5.03. The smallest absolute Gasteiger partial charge is 0.168 e. The van der Waals surface area contributed by atoms with E-state index in [0.29, 0.717) is 18.0 Å². The molecule has 0 atom stereocenters. The highest BCUT2D eigenvalue weighted by Gasteiger charge is 2.11. The zero-order chi connectivity index (χ0) is 15.2. The molecule has 0 fully saturated rings. The van der Waals surface area contributed by atoms with E-state index in [-0.39, 0.29) is 11.7 Å². The summed E-state index contributed by atoms with van der Waals surface area (Å²) in [5.41, 5.74) is 0.778. The van der Waals surface area contributed by atoms with E-state index in [1.54, 1.807) is 18.3 Å². The van der Waals surface area contributed by atoms with Gasteiger partial charge >= 0.3 is 0 Å². The van der Waals surface area contributed by atoms with E-state index in [1.165, 1.54) is 12.1 Å². The van der Waals surface area contributed by atoms with Crippen LogP contribution in [0.5, 0.6) is 11.5 Å². The molecule has 0 spiro atoms. The number of halogens is 1. The molecule has 0 aliphatic heterocycles. The summed E-state index contributed by atoms with van der Waals surface area (Å²) in [6.45, 7) is 7.53. The number of aromatic nitrogens is 2. The number of hydrogen-bond acceptors (Lipinski definition) is 4. The number of ether oxygens (including phenoxy) is 1. The Morgan fingerprint density at radius 2 is 2.14 bits per heavy atom. The van der Waals surface area contributed by atoms with Crippen molar-refractivity contribution in [1.82, 2.24) is 15.3 Å². The van der Waals surface area contributed by atoms with Gasteiger partial charge < -0.3 is 10.1 Å². The van der Waals surface area contributed by atoms with Crippen LogP contribution in [0.15, 0.2) is 30.5 Å². The van der Waals surface area contributed by atoms with E-state index in [4.69, 9.17) is 4.74 Å². The van der Waals surface area contributed by atoms with Crippen molar-refractivity contribution >= 4 is 0 Å². The van der Waals surface area contributed by atoms with E-state index in [2.05, 4.69) is 15.3 Å². The minimum absolute atomic E-state index is 0.244. The van der Waals surface area contributed by atoms with Crippen molar-refractivity contribution in [3.05, 3.63) is 47.8 Å². The third-order valence-corrected chi connectivity index (χ3v) is 2.93. The summed E-state index contributed by atoms with van der Waals surface area (Å²) in [6.07, 6.45) is 1.65. The summed E-state index contributed by atoms with van der Waals surface area (Å²) in [7, 11) is 0. The van der Waals surface area contributed by atoms with Crippen molar-refractivity contribution < 1.29 is 9.13 Å². The molecule has 2 rings (SSSR count). The number of rotatable bonds is 6. The first-order chi connectivity index (χ1) is 10.1. The van der Waals surface area contributed by atoms with Crippen LogP contribution in [0.3, 0.4) is 0 Å². The van der Waals surface area contributed by atoms with Crippen molar-refractivity contribution in [2.45, 2.75) is 33.2 Å². The van der Waals surface area contributed by atoms with Gasteiger partial charge in [0.25, 0.3) is 0 Å². The molecule has 0 unspecified atom stereocenters. The maximum absolute atomic E-state index is 13.2. The summed E-state index contributed by atoms with van der Waals surface area (Å²) in [4.78, 5) is 8.84. The van der Waals surface area contributed by atoms with Crippen LogP contribution in [0.25, 0.3) is 0 Å². The fourth-order valence-corrected chi connectivity index (χ4v) is 1.81.